The van der Waals surface area contributed by atoms with E-state index in [0.717, 1.165) is 55.2 Å². The molecule has 3 aliphatic rings. The third-order valence-corrected chi connectivity index (χ3v) is 9.43. The lowest BCUT2D eigenvalue weighted by molar-refractivity contribution is -0.134. The van der Waals surface area contributed by atoms with Gasteiger partial charge in [0.05, 0.1) is 12.5 Å². The van der Waals surface area contributed by atoms with Crippen LogP contribution in [0.4, 0.5) is 5.69 Å². The fraction of sp³-hybridized carbons (Fsp3) is 0.297. The second-order valence-corrected chi connectivity index (χ2v) is 12.1. The molecule has 4 aromatic rings. The Morgan fingerprint density at radius 3 is 2.32 bits per heavy atom. The van der Waals surface area contributed by atoms with Crippen molar-refractivity contribution in [3.8, 4) is 11.5 Å². The zero-order valence-corrected chi connectivity index (χ0v) is 24.7. The van der Waals surface area contributed by atoms with Crippen molar-refractivity contribution < 1.29 is 19.4 Å². The number of hydrogen-bond donors (Lipinski definition) is 2. The molecule has 3 atom stereocenters. The summed E-state index contributed by atoms with van der Waals surface area (Å²) in [7, 11) is 0. The molecule has 0 aromatic heterocycles. The maximum Gasteiger partial charge on any atom is 0.234 e. The van der Waals surface area contributed by atoms with Gasteiger partial charge in [0.25, 0.3) is 0 Å². The van der Waals surface area contributed by atoms with Gasteiger partial charge in [-0.15, -0.1) is 0 Å². The van der Waals surface area contributed by atoms with Gasteiger partial charge in [0.15, 0.2) is 0 Å². The number of anilines is 1. The summed E-state index contributed by atoms with van der Waals surface area (Å²) in [5, 5.41) is 12.6. The monoisotopic (exact) mass is 587 g/mol. The molecule has 0 spiro atoms. The first-order valence-electron chi connectivity index (χ1n) is 15.5. The lowest BCUT2D eigenvalue weighted by atomic mass is 9.76. The van der Waals surface area contributed by atoms with Crippen LogP contribution in [0.25, 0.3) is 0 Å². The van der Waals surface area contributed by atoms with Gasteiger partial charge < -0.3 is 14.7 Å². The number of ether oxygens (including phenoxy) is 1. The van der Waals surface area contributed by atoms with Crippen LogP contribution in [0.1, 0.15) is 58.4 Å². The van der Waals surface area contributed by atoms with E-state index in [-0.39, 0.29) is 35.3 Å². The number of piperidine rings is 1. The van der Waals surface area contributed by atoms with E-state index in [4.69, 9.17) is 4.74 Å². The summed E-state index contributed by atoms with van der Waals surface area (Å²) in [6.45, 7) is 5.05. The summed E-state index contributed by atoms with van der Waals surface area (Å²) in [5.74, 6) is 0.638. The zero-order valence-electron chi connectivity index (χ0n) is 24.7. The average Bonchev–Trinajstić information content (AvgIpc) is 3.05. The molecule has 0 saturated carbocycles. The molecule has 3 aliphatic heterocycles. The highest BCUT2D eigenvalue weighted by molar-refractivity contribution is 6.01. The van der Waals surface area contributed by atoms with Crippen molar-refractivity contribution in [2.75, 3.05) is 37.7 Å². The van der Waals surface area contributed by atoms with Crippen LogP contribution in [0.15, 0.2) is 97.1 Å². The number of piperazine rings is 1. The third kappa shape index (κ3) is 5.67. The number of fused-ring (bicyclic) bond motifs is 1. The molecule has 0 bridgehead atoms. The van der Waals surface area contributed by atoms with Crippen molar-refractivity contribution in [2.45, 2.75) is 37.1 Å². The highest BCUT2D eigenvalue weighted by Crippen LogP contribution is 2.47. The molecule has 0 radical (unpaired) electrons. The van der Waals surface area contributed by atoms with E-state index in [2.05, 4.69) is 69.7 Å². The topological polar surface area (TPSA) is 82.1 Å². The summed E-state index contributed by atoms with van der Waals surface area (Å²) in [4.78, 5) is 29.1. The number of carbonyl (C=O) groups is 2. The number of phenolic OH excluding ortho intramolecular Hbond substituents is 1. The van der Waals surface area contributed by atoms with E-state index in [1.807, 2.05) is 30.3 Å². The molecule has 2 amide bonds. The number of aromatic hydroxyl groups is 1. The number of benzene rings is 4. The van der Waals surface area contributed by atoms with E-state index in [1.165, 1.54) is 16.8 Å². The number of imide groups is 1. The number of phenols is 1. The minimum atomic E-state index is -0.265. The van der Waals surface area contributed by atoms with Gasteiger partial charge in [0.1, 0.15) is 11.5 Å². The summed E-state index contributed by atoms with van der Waals surface area (Å²) >= 11 is 0. The van der Waals surface area contributed by atoms with Gasteiger partial charge in [-0.2, -0.15) is 0 Å². The molecule has 2 fully saturated rings. The molecule has 7 nitrogen and oxygen atoms in total. The normalized spacial score (nSPS) is 22.2. The van der Waals surface area contributed by atoms with Crippen molar-refractivity contribution in [3.63, 3.8) is 0 Å². The minimum Gasteiger partial charge on any atom is -0.508 e. The Kier molecular flexibility index (Phi) is 7.79. The number of nitrogens with one attached hydrogen (secondary N) is 1. The van der Waals surface area contributed by atoms with Crippen LogP contribution in [0, 0.1) is 0 Å². The Morgan fingerprint density at radius 2 is 1.55 bits per heavy atom. The molecule has 224 valence electrons. The number of rotatable bonds is 6. The number of amides is 2. The molecule has 2 N–H and O–H groups in total. The van der Waals surface area contributed by atoms with Crippen LogP contribution >= 0.6 is 0 Å². The van der Waals surface area contributed by atoms with Crippen molar-refractivity contribution >= 4 is 17.5 Å². The predicted octanol–water partition coefficient (Wildman–Crippen LogP) is 5.54. The minimum absolute atomic E-state index is 0.122. The van der Waals surface area contributed by atoms with Crippen molar-refractivity contribution in [2.24, 2.45) is 0 Å². The molecule has 2 saturated heterocycles. The van der Waals surface area contributed by atoms with E-state index in [9.17, 15) is 14.7 Å². The summed E-state index contributed by atoms with van der Waals surface area (Å²) in [5.41, 5.74) is 7.00. The Morgan fingerprint density at radius 1 is 0.795 bits per heavy atom. The first kappa shape index (κ1) is 28.2. The summed E-state index contributed by atoms with van der Waals surface area (Å²) in [6, 6.07) is 33.1. The fourth-order valence-corrected chi connectivity index (χ4v) is 7.10. The van der Waals surface area contributed by atoms with Crippen LogP contribution < -0.4 is 15.0 Å². The summed E-state index contributed by atoms with van der Waals surface area (Å²) in [6.07, 6.45) is 0.958. The van der Waals surface area contributed by atoms with Crippen LogP contribution in [0.2, 0.25) is 0 Å². The zero-order chi connectivity index (χ0) is 30.0. The van der Waals surface area contributed by atoms with Gasteiger partial charge in [-0.25, -0.2) is 0 Å². The highest BCUT2D eigenvalue weighted by Gasteiger charge is 2.34. The van der Waals surface area contributed by atoms with Crippen molar-refractivity contribution in [1.29, 1.82) is 0 Å². The molecule has 4 aromatic carbocycles. The van der Waals surface area contributed by atoms with Crippen LogP contribution in [-0.2, 0) is 16.1 Å². The first-order chi connectivity index (χ1) is 21.5. The Labute approximate surface area is 258 Å². The number of hydrogen-bond acceptors (Lipinski definition) is 6. The van der Waals surface area contributed by atoms with Gasteiger partial charge in [-0.3, -0.25) is 19.8 Å². The largest absolute Gasteiger partial charge is 0.508 e. The maximum atomic E-state index is 12.6. The van der Waals surface area contributed by atoms with Gasteiger partial charge in [-0.1, -0.05) is 72.8 Å². The SMILES string of the molecule is O=C1CCC(c2ccccc2CN2CCN(c3ccc([C@H]4c5ccc(O)cc5OC[C@H]4c4ccccc4)cc3)CC2)C(=O)N1. The molecule has 0 aliphatic carbocycles. The van der Waals surface area contributed by atoms with E-state index in [0.29, 0.717) is 19.4 Å². The standard InChI is InChI=1S/C37H37N3O4/c41-29-14-15-32-34(22-29)44-24-33(25-6-2-1-3-7-25)36(32)26-10-12-28(13-11-26)40-20-18-39(19-21-40)23-27-8-4-5-9-30(27)31-16-17-35(42)38-37(31)43/h1-15,22,31,33,36,41H,16-21,23-24H2,(H,38,42,43)/t31?,33-,36-/m0/s1. The van der Waals surface area contributed by atoms with Crippen LogP contribution in [0.3, 0.4) is 0 Å². The maximum absolute atomic E-state index is 12.6. The van der Waals surface area contributed by atoms with Gasteiger partial charge in [-0.05, 0) is 46.9 Å². The lowest BCUT2D eigenvalue weighted by Crippen LogP contribution is -2.46. The third-order valence-electron chi connectivity index (χ3n) is 9.43. The van der Waals surface area contributed by atoms with Crippen molar-refractivity contribution in [1.82, 2.24) is 10.2 Å². The molecular formula is C37H37N3O4. The second kappa shape index (κ2) is 12.2. The smallest absolute Gasteiger partial charge is 0.234 e. The lowest BCUT2D eigenvalue weighted by Gasteiger charge is -2.37. The number of carbonyl (C=O) groups excluding carboxylic acids is 2. The van der Waals surface area contributed by atoms with Crippen LogP contribution in [-0.4, -0.2) is 54.6 Å². The van der Waals surface area contributed by atoms with Crippen LogP contribution in [0.5, 0.6) is 11.5 Å². The second-order valence-electron chi connectivity index (χ2n) is 12.1. The predicted molar refractivity (Wildman–Crippen MR) is 170 cm³/mol. The molecule has 44 heavy (non-hydrogen) atoms. The Bertz CT molecular complexity index is 1650. The molecule has 3 heterocycles. The fourth-order valence-electron chi connectivity index (χ4n) is 7.10. The molecule has 7 heteroatoms. The molecular weight excluding hydrogens is 550 g/mol. The summed E-state index contributed by atoms with van der Waals surface area (Å²) < 4.78 is 6.14. The van der Waals surface area contributed by atoms with Gasteiger partial charge in [0, 0.05) is 68.3 Å². The van der Waals surface area contributed by atoms with Gasteiger partial charge in [0.2, 0.25) is 11.8 Å². The van der Waals surface area contributed by atoms with E-state index in [1.54, 1.807) is 12.1 Å². The van der Waals surface area contributed by atoms with Gasteiger partial charge >= 0.3 is 0 Å². The Balaban J connectivity index is 1.05. The molecule has 1 unspecified atom stereocenters. The first-order valence-corrected chi connectivity index (χ1v) is 15.5. The highest BCUT2D eigenvalue weighted by atomic mass is 16.5. The average molecular weight is 588 g/mol. The molecule has 7 rings (SSSR count). The van der Waals surface area contributed by atoms with E-state index >= 15 is 0 Å². The number of nitrogens with zero attached hydrogens (tertiary/aromatic N) is 2. The quantitative estimate of drug-likeness (QED) is 0.288. The van der Waals surface area contributed by atoms with Crippen molar-refractivity contribution in [3.05, 3.63) is 125 Å². The Hall–Kier alpha value is -4.62. The van der Waals surface area contributed by atoms with E-state index < -0.39 is 0 Å².